The number of carbonyl (C=O) groups excluding carboxylic acids is 1. The average Bonchev–Trinajstić information content (AvgIpc) is 2.76. The summed E-state index contributed by atoms with van der Waals surface area (Å²) in [5.74, 6) is 0.180. The Morgan fingerprint density at radius 3 is 2.89 bits per heavy atom. The minimum Gasteiger partial charge on any atom is -0.389 e. The molecule has 1 aromatic heterocycles. The zero-order chi connectivity index (χ0) is 14.0. The third-order valence-electron chi connectivity index (χ3n) is 2.94. The van der Waals surface area contributed by atoms with E-state index in [-0.39, 0.29) is 10.9 Å². The molecule has 2 N–H and O–H groups in total. The highest BCUT2D eigenvalue weighted by Gasteiger charge is 2.19. The number of nitrogens with zero attached hydrogens (tertiary/aromatic N) is 2. The molecule has 0 amide bonds. The molecule has 0 aliphatic rings. The molecule has 0 radical (unpaired) electrons. The Labute approximate surface area is 115 Å². The van der Waals surface area contributed by atoms with Gasteiger partial charge >= 0.3 is 0 Å². The Kier molecular flexibility index (Phi) is 4.24. The molecule has 5 nitrogen and oxygen atoms in total. The fraction of sp³-hybridized carbons (Fsp3) is 0.385. The second kappa shape index (κ2) is 5.73. The summed E-state index contributed by atoms with van der Waals surface area (Å²) in [6, 6.07) is 5.41. The molecule has 1 aromatic carbocycles. The van der Waals surface area contributed by atoms with Crippen molar-refractivity contribution in [1.82, 2.24) is 9.78 Å². The fourth-order valence-electron chi connectivity index (χ4n) is 1.86. The summed E-state index contributed by atoms with van der Waals surface area (Å²) < 4.78 is 1.71. The predicted octanol–water partition coefficient (Wildman–Crippen LogP) is 1.25. The number of rotatable bonds is 4. The van der Waals surface area contributed by atoms with Gasteiger partial charge in [-0.1, -0.05) is 23.9 Å². The van der Waals surface area contributed by atoms with Gasteiger partial charge in [-0.25, -0.2) is 0 Å². The van der Waals surface area contributed by atoms with Gasteiger partial charge in [0.05, 0.1) is 17.8 Å². The van der Waals surface area contributed by atoms with Crippen LogP contribution in [0.1, 0.15) is 18.6 Å². The summed E-state index contributed by atoms with van der Waals surface area (Å²) in [5.41, 5.74) is 1.51. The first-order chi connectivity index (χ1) is 8.99. The van der Waals surface area contributed by atoms with Crippen molar-refractivity contribution in [1.29, 1.82) is 0 Å². The van der Waals surface area contributed by atoms with E-state index in [4.69, 9.17) is 0 Å². The SMILES string of the molecule is CC(=O)SCC(O)C(O)c1ccc2cnn(C)c2c1. The zero-order valence-corrected chi connectivity index (χ0v) is 11.6. The highest BCUT2D eigenvalue weighted by atomic mass is 32.2. The largest absolute Gasteiger partial charge is 0.389 e. The van der Waals surface area contributed by atoms with E-state index in [9.17, 15) is 15.0 Å². The van der Waals surface area contributed by atoms with Gasteiger partial charge in [0.15, 0.2) is 5.12 Å². The van der Waals surface area contributed by atoms with Crippen molar-refractivity contribution in [3.63, 3.8) is 0 Å². The second-order valence-corrected chi connectivity index (χ2v) is 5.60. The molecular formula is C13H16N2O3S. The zero-order valence-electron chi connectivity index (χ0n) is 10.8. The number of hydrogen-bond acceptors (Lipinski definition) is 5. The summed E-state index contributed by atoms with van der Waals surface area (Å²) in [5, 5.41) is 25.0. The number of benzene rings is 1. The van der Waals surface area contributed by atoms with E-state index in [2.05, 4.69) is 5.10 Å². The highest BCUT2D eigenvalue weighted by molar-refractivity contribution is 8.13. The maximum absolute atomic E-state index is 10.9. The van der Waals surface area contributed by atoms with Crippen LogP contribution in [0.4, 0.5) is 0 Å². The Hall–Kier alpha value is -1.37. The van der Waals surface area contributed by atoms with Crippen molar-refractivity contribution in [3.8, 4) is 0 Å². The first-order valence-electron chi connectivity index (χ1n) is 5.90. The van der Waals surface area contributed by atoms with E-state index in [1.165, 1.54) is 6.92 Å². The normalized spacial score (nSPS) is 14.5. The Bertz CT molecular complexity index is 597. The van der Waals surface area contributed by atoms with Crippen LogP contribution in [-0.4, -0.2) is 37.0 Å². The Balaban J connectivity index is 2.18. The Morgan fingerprint density at radius 2 is 2.21 bits per heavy atom. The van der Waals surface area contributed by atoms with E-state index in [0.717, 1.165) is 22.7 Å². The van der Waals surface area contributed by atoms with Crippen LogP contribution in [0, 0.1) is 0 Å². The molecule has 0 saturated carbocycles. The van der Waals surface area contributed by atoms with Gasteiger partial charge < -0.3 is 10.2 Å². The first kappa shape index (κ1) is 14.0. The summed E-state index contributed by atoms with van der Waals surface area (Å²) in [6.45, 7) is 1.44. The quantitative estimate of drug-likeness (QED) is 0.881. The standard InChI is InChI=1S/C13H16N2O3S/c1-8(16)19-7-12(17)13(18)9-3-4-10-6-14-15(2)11(10)5-9/h3-6,12-13,17-18H,7H2,1-2H3. The minimum atomic E-state index is -1.01. The third-order valence-corrected chi connectivity index (χ3v) is 3.85. The van der Waals surface area contributed by atoms with Crippen LogP contribution in [0.3, 0.4) is 0 Å². The number of aryl methyl sites for hydroxylation is 1. The van der Waals surface area contributed by atoms with Gasteiger partial charge in [-0.15, -0.1) is 0 Å². The summed E-state index contributed by atoms with van der Waals surface area (Å²) in [7, 11) is 1.82. The number of aliphatic hydroxyl groups is 2. The van der Waals surface area contributed by atoms with Gasteiger partial charge in [0, 0.05) is 25.1 Å². The van der Waals surface area contributed by atoms with E-state index in [1.54, 1.807) is 23.0 Å². The van der Waals surface area contributed by atoms with Gasteiger partial charge in [0.1, 0.15) is 6.10 Å². The lowest BCUT2D eigenvalue weighted by Gasteiger charge is -2.17. The second-order valence-electron chi connectivity index (χ2n) is 4.40. The molecule has 0 saturated heterocycles. The molecule has 6 heteroatoms. The number of aromatic nitrogens is 2. The lowest BCUT2D eigenvalue weighted by Crippen LogP contribution is -2.21. The molecule has 0 fully saturated rings. The van der Waals surface area contributed by atoms with Crippen molar-refractivity contribution >= 4 is 27.8 Å². The average molecular weight is 280 g/mol. The van der Waals surface area contributed by atoms with E-state index in [1.807, 2.05) is 13.1 Å². The highest BCUT2D eigenvalue weighted by Crippen LogP contribution is 2.23. The maximum Gasteiger partial charge on any atom is 0.185 e. The van der Waals surface area contributed by atoms with Crippen LogP contribution in [0.2, 0.25) is 0 Å². The third kappa shape index (κ3) is 3.15. The van der Waals surface area contributed by atoms with Gasteiger partial charge in [-0.2, -0.15) is 5.10 Å². The topological polar surface area (TPSA) is 75.3 Å². The molecule has 0 bridgehead atoms. The van der Waals surface area contributed by atoms with Crippen molar-refractivity contribution < 1.29 is 15.0 Å². The van der Waals surface area contributed by atoms with Gasteiger partial charge in [-0.05, 0) is 11.6 Å². The summed E-state index contributed by atoms with van der Waals surface area (Å²) in [6.07, 6.45) is -0.237. The van der Waals surface area contributed by atoms with E-state index in [0.29, 0.717) is 5.56 Å². The van der Waals surface area contributed by atoms with Gasteiger partial charge in [0.25, 0.3) is 0 Å². The Morgan fingerprint density at radius 1 is 1.47 bits per heavy atom. The minimum absolute atomic E-state index is 0.0756. The number of fused-ring (bicyclic) bond motifs is 1. The van der Waals surface area contributed by atoms with Gasteiger partial charge in [0.2, 0.25) is 0 Å². The summed E-state index contributed by atoms with van der Waals surface area (Å²) in [4.78, 5) is 10.9. The van der Waals surface area contributed by atoms with Crippen molar-refractivity contribution in [2.24, 2.45) is 7.05 Å². The van der Waals surface area contributed by atoms with Crippen LogP contribution in [0.15, 0.2) is 24.4 Å². The van der Waals surface area contributed by atoms with Crippen LogP contribution in [0.25, 0.3) is 10.9 Å². The molecule has 2 atom stereocenters. The lowest BCUT2D eigenvalue weighted by atomic mass is 10.0. The van der Waals surface area contributed by atoms with Crippen LogP contribution in [0.5, 0.6) is 0 Å². The first-order valence-corrected chi connectivity index (χ1v) is 6.88. The molecule has 0 aliphatic carbocycles. The van der Waals surface area contributed by atoms with E-state index < -0.39 is 12.2 Å². The van der Waals surface area contributed by atoms with Crippen molar-refractivity contribution in [2.45, 2.75) is 19.1 Å². The van der Waals surface area contributed by atoms with E-state index >= 15 is 0 Å². The predicted molar refractivity (Wildman–Crippen MR) is 74.8 cm³/mol. The van der Waals surface area contributed by atoms with Crippen LogP contribution >= 0.6 is 11.8 Å². The van der Waals surface area contributed by atoms with Gasteiger partial charge in [-0.3, -0.25) is 9.48 Å². The van der Waals surface area contributed by atoms with Crippen molar-refractivity contribution in [3.05, 3.63) is 30.0 Å². The molecule has 0 spiro atoms. The molecular weight excluding hydrogens is 264 g/mol. The molecule has 2 unspecified atom stereocenters. The number of thioether (sulfide) groups is 1. The fourth-order valence-corrected chi connectivity index (χ4v) is 2.45. The molecule has 0 aliphatic heterocycles. The lowest BCUT2D eigenvalue weighted by molar-refractivity contribution is -0.109. The van der Waals surface area contributed by atoms with Crippen molar-refractivity contribution in [2.75, 3.05) is 5.75 Å². The molecule has 19 heavy (non-hydrogen) atoms. The smallest absolute Gasteiger partial charge is 0.185 e. The maximum atomic E-state index is 10.9. The summed E-state index contributed by atoms with van der Waals surface area (Å²) >= 11 is 1.00. The molecule has 2 aromatic rings. The van der Waals surface area contributed by atoms with Crippen LogP contribution < -0.4 is 0 Å². The monoisotopic (exact) mass is 280 g/mol. The molecule has 2 rings (SSSR count). The number of hydrogen-bond donors (Lipinski definition) is 2. The number of aliphatic hydroxyl groups excluding tert-OH is 2. The number of carbonyl (C=O) groups is 1. The molecule has 102 valence electrons. The van der Waals surface area contributed by atoms with Crippen LogP contribution in [-0.2, 0) is 11.8 Å². The molecule has 1 heterocycles.